The Labute approximate surface area is 75.9 Å². The molecule has 0 atom stereocenters. The summed E-state index contributed by atoms with van der Waals surface area (Å²) in [6.45, 7) is 0. The first-order chi connectivity index (χ1) is 6.18. The van der Waals surface area contributed by atoms with Crippen LogP contribution in [0.3, 0.4) is 0 Å². The predicted molar refractivity (Wildman–Crippen MR) is 43.8 cm³/mol. The Hall–Kier alpha value is -1.50. The summed E-state index contributed by atoms with van der Waals surface area (Å²) in [4.78, 5) is 20.8. The van der Waals surface area contributed by atoms with Crippen LogP contribution in [0.5, 0.6) is 0 Å². The van der Waals surface area contributed by atoms with Crippen molar-refractivity contribution in [3.63, 3.8) is 0 Å². The number of hydrogen-bond donors (Lipinski definition) is 1. The molecule has 1 rings (SSSR count). The van der Waals surface area contributed by atoms with Gasteiger partial charge in [-0.15, -0.1) is 0 Å². The minimum absolute atomic E-state index is 0.0596. The number of carboxylic acid groups (broad SMARTS) is 1. The summed E-state index contributed by atoms with van der Waals surface area (Å²) in [7, 11) is 0. The molecule has 0 aromatic heterocycles. The van der Waals surface area contributed by atoms with Crippen molar-refractivity contribution in [1.82, 2.24) is 0 Å². The van der Waals surface area contributed by atoms with Crippen LogP contribution >= 0.6 is 0 Å². The quantitative estimate of drug-likeness (QED) is 0.365. The molecule has 0 aliphatic heterocycles. The average Bonchev–Trinajstić information content (AvgIpc) is 2.53. The van der Waals surface area contributed by atoms with E-state index in [1.54, 1.807) is 5.92 Å². The monoisotopic (exact) mass is 182 g/mol. The summed E-state index contributed by atoms with van der Waals surface area (Å²) < 4.78 is 4.89. The SMILES string of the molecule is O=C(O)C#CC(=O)OC1CCCC1. The molecule has 13 heavy (non-hydrogen) atoms. The van der Waals surface area contributed by atoms with E-state index >= 15 is 0 Å². The van der Waals surface area contributed by atoms with Gasteiger partial charge in [-0.25, -0.2) is 9.59 Å². The van der Waals surface area contributed by atoms with Crippen LogP contribution in [0.1, 0.15) is 25.7 Å². The average molecular weight is 182 g/mol. The Kier molecular flexibility index (Phi) is 3.32. The van der Waals surface area contributed by atoms with Gasteiger partial charge < -0.3 is 9.84 Å². The fourth-order valence-corrected chi connectivity index (χ4v) is 1.29. The van der Waals surface area contributed by atoms with Crippen LogP contribution in [0.25, 0.3) is 0 Å². The van der Waals surface area contributed by atoms with E-state index in [1.807, 2.05) is 5.92 Å². The zero-order valence-corrected chi connectivity index (χ0v) is 7.08. The lowest BCUT2D eigenvalue weighted by Gasteiger charge is -2.06. The van der Waals surface area contributed by atoms with Crippen LogP contribution < -0.4 is 0 Å². The van der Waals surface area contributed by atoms with Gasteiger partial charge in [-0.05, 0) is 25.7 Å². The lowest BCUT2D eigenvalue weighted by Crippen LogP contribution is -2.13. The number of rotatable bonds is 1. The first-order valence-electron chi connectivity index (χ1n) is 4.14. The second-order valence-corrected chi connectivity index (χ2v) is 2.87. The van der Waals surface area contributed by atoms with E-state index in [0.717, 1.165) is 25.7 Å². The van der Waals surface area contributed by atoms with Gasteiger partial charge in [0.2, 0.25) is 0 Å². The second-order valence-electron chi connectivity index (χ2n) is 2.87. The summed E-state index contributed by atoms with van der Waals surface area (Å²) in [6, 6.07) is 0. The third kappa shape index (κ3) is 3.61. The van der Waals surface area contributed by atoms with Gasteiger partial charge >= 0.3 is 11.9 Å². The van der Waals surface area contributed by atoms with Crippen molar-refractivity contribution in [1.29, 1.82) is 0 Å². The van der Waals surface area contributed by atoms with Gasteiger partial charge in [-0.2, -0.15) is 0 Å². The van der Waals surface area contributed by atoms with Gasteiger partial charge in [-0.1, -0.05) is 0 Å². The zero-order valence-electron chi connectivity index (χ0n) is 7.08. The van der Waals surface area contributed by atoms with Crippen molar-refractivity contribution in [3.8, 4) is 11.8 Å². The van der Waals surface area contributed by atoms with Crippen LogP contribution in [0.15, 0.2) is 0 Å². The fraction of sp³-hybridized carbons (Fsp3) is 0.556. The van der Waals surface area contributed by atoms with Crippen molar-refractivity contribution in [2.24, 2.45) is 0 Å². The highest BCUT2D eigenvalue weighted by atomic mass is 16.5. The van der Waals surface area contributed by atoms with Crippen LogP contribution in [0.2, 0.25) is 0 Å². The molecule has 0 aromatic rings. The van der Waals surface area contributed by atoms with Gasteiger partial charge in [0.25, 0.3) is 0 Å². The maximum absolute atomic E-state index is 10.8. The number of ether oxygens (including phenoxy) is 1. The summed E-state index contributed by atoms with van der Waals surface area (Å²) in [6.07, 6.45) is 3.78. The zero-order chi connectivity index (χ0) is 9.68. The van der Waals surface area contributed by atoms with Crippen molar-refractivity contribution in [2.75, 3.05) is 0 Å². The van der Waals surface area contributed by atoms with E-state index in [2.05, 4.69) is 0 Å². The lowest BCUT2D eigenvalue weighted by atomic mass is 10.3. The third-order valence-corrected chi connectivity index (χ3v) is 1.85. The van der Waals surface area contributed by atoms with E-state index in [9.17, 15) is 9.59 Å². The predicted octanol–water partition coefficient (Wildman–Crippen LogP) is 0.560. The Bertz CT molecular complexity index is 265. The molecule has 4 heteroatoms. The molecule has 0 radical (unpaired) electrons. The minimum Gasteiger partial charge on any atom is -0.472 e. The molecule has 0 saturated heterocycles. The molecule has 1 N–H and O–H groups in total. The highest BCUT2D eigenvalue weighted by Gasteiger charge is 2.17. The molecule has 0 aromatic carbocycles. The molecule has 4 nitrogen and oxygen atoms in total. The number of carbonyl (C=O) groups excluding carboxylic acids is 1. The third-order valence-electron chi connectivity index (χ3n) is 1.85. The van der Waals surface area contributed by atoms with Gasteiger partial charge in [0.05, 0.1) is 0 Å². The number of carbonyl (C=O) groups is 2. The van der Waals surface area contributed by atoms with Crippen LogP contribution in [0.4, 0.5) is 0 Å². The number of carboxylic acids is 1. The summed E-state index contributed by atoms with van der Waals surface area (Å²) in [5.41, 5.74) is 0. The molecule has 0 unspecified atom stereocenters. The molecule has 1 aliphatic rings. The second kappa shape index (κ2) is 4.51. The Balaban J connectivity index is 2.33. The molecule has 0 bridgehead atoms. The van der Waals surface area contributed by atoms with Gasteiger partial charge in [0.15, 0.2) is 0 Å². The van der Waals surface area contributed by atoms with Crippen LogP contribution in [-0.4, -0.2) is 23.1 Å². The Morgan fingerprint density at radius 3 is 2.38 bits per heavy atom. The largest absolute Gasteiger partial charge is 0.472 e. The Morgan fingerprint density at radius 2 is 1.85 bits per heavy atom. The maximum atomic E-state index is 10.8. The summed E-state index contributed by atoms with van der Waals surface area (Å²) in [5, 5.41) is 8.14. The highest BCUT2D eigenvalue weighted by Crippen LogP contribution is 2.20. The van der Waals surface area contributed by atoms with Crippen molar-refractivity contribution >= 4 is 11.9 Å². The molecular formula is C9H10O4. The van der Waals surface area contributed by atoms with E-state index in [-0.39, 0.29) is 6.10 Å². The number of esters is 1. The van der Waals surface area contributed by atoms with Crippen molar-refractivity contribution < 1.29 is 19.4 Å². The van der Waals surface area contributed by atoms with Crippen LogP contribution in [-0.2, 0) is 14.3 Å². The van der Waals surface area contributed by atoms with Gasteiger partial charge in [0, 0.05) is 11.8 Å². The van der Waals surface area contributed by atoms with Crippen molar-refractivity contribution in [2.45, 2.75) is 31.8 Å². The number of hydrogen-bond acceptors (Lipinski definition) is 3. The molecule has 1 fully saturated rings. The van der Waals surface area contributed by atoms with Gasteiger partial charge in [0.1, 0.15) is 6.10 Å². The number of aliphatic carboxylic acids is 1. The normalized spacial score (nSPS) is 16.0. The minimum atomic E-state index is -1.32. The molecule has 0 heterocycles. The van der Waals surface area contributed by atoms with Crippen LogP contribution in [0, 0.1) is 11.8 Å². The summed E-state index contributed by atoms with van der Waals surface area (Å²) >= 11 is 0. The van der Waals surface area contributed by atoms with E-state index in [4.69, 9.17) is 9.84 Å². The molecular weight excluding hydrogens is 172 g/mol. The smallest absolute Gasteiger partial charge is 0.385 e. The molecule has 0 spiro atoms. The van der Waals surface area contributed by atoms with E-state index in [0.29, 0.717) is 0 Å². The fourth-order valence-electron chi connectivity index (χ4n) is 1.29. The molecule has 1 aliphatic carbocycles. The molecule has 70 valence electrons. The standard InChI is InChI=1S/C9H10O4/c10-8(11)5-6-9(12)13-7-3-1-2-4-7/h7H,1-4H2,(H,10,11). The molecule has 1 saturated carbocycles. The first-order valence-corrected chi connectivity index (χ1v) is 4.14. The van der Waals surface area contributed by atoms with Gasteiger partial charge in [-0.3, -0.25) is 0 Å². The van der Waals surface area contributed by atoms with E-state index < -0.39 is 11.9 Å². The summed E-state index contributed by atoms with van der Waals surface area (Å²) in [5.74, 6) is 1.55. The van der Waals surface area contributed by atoms with Crippen molar-refractivity contribution in [3.05, 3.63) is 0 Å². The maximum Gasteiger partial charge on any atom is 0.385 e. The molecule has 0 amide bonds. The highest BCUT2D eigenvalue weighted by molar-refractivity contribution is 5.97. The topological polar surface area (TPSA) is 63.6 Å². The Morgan fingerprint density at radius 1 is 1.23 bits per heavy atom. The lowest BCUT2D eigenvalue weighted by molar-refractivity contribution is -0.141. The first kappa shape index (κ1) is 9.59. The van der Waals surface area contributed by atoms with E-state index in [1.165, 1.54) is 0 Å².